The van der Waals surface area contributed by atoms with Crippen LogP contribution in [0.1, 0.15) is 49.4 Å². The fourth-order valence-corrected chi connectivity index (χ4v) is 4.20. The van der Waals surface area contributed by atoms with E-state index in [2.05, 4.69) is 11.8 Å². The number of piperidine rings is 1. The molecule has 21 heavy (non-hydrogen) atoms. The first-order chi connectivity index (χ1) is 10.2. The fraction of sp³-hybridized carbons (Fsp3) is 0.632. The summed E-state index contributed by atoms with van der Waals surface area (Å²) >= 11 is 0. The first-order valence-electron chi connectivity index (χ1n) is 8.55. The average molecular weight is 285 g/mol. The minimum atomic E-state index is 0.104. The van der Waals surface area contributed by atoms with Gasteiger partial charge >= 0.3 is 0 Å². The van der Waals surface area contributed by atoms with Crippen LogP contribution in [-0.4, -0.2) is 30.3 Å². The zero-order chi connectivity index (χ0) is 14.7. The van der Waals surface area contributed by atoms with E-state index in [1.165, 1.54) is 45.2 Å². The van der Waals surface area contributed by atoms with Crippen molar-refractivity contribution in [2.45, 2.75) is 39.0 Å². The number of carbonyl (C=O) groups is 1. The van der Waals surface area contributed by atoms with E-state index in [1.807, 2.05) is 30.3 Å². The van der Waals surface area contributed by atoms with Crippen molar-refractivity contribution in [2.24, 2.45) is 17.8 Å². The number of rotatable bonds is 4. The van der Waals surface area contributed by atoms with E-state index in [-0.39, 0.29) is 5.92 Å². The van der Waals surface area contributed by atoms with Crippen LogP contribution in [0, 0.1) is 17.8 Å². The second-order valence-electron chi connectivity index (χ2n) is 6.98. The van der Waals surface area contributed by atoms with Crippen molar-refractivity contribution >= 4 is 5.78 Å². The van der Waals surface area contributed by atoms with Gasteiger partial charge in [-0.1, -0.05) is 56.5 Å². The summed E-state index contributed by atoms with van der Waals surface area (Å²) in [5.41, 5.74) is 0.859. The number of fused-ring (bicyclic) bond motifs is 1. The number of carbonyl (C=O) groups excluding carboxylic acids is 1. The van der Waals surface area contributed by atoms with Crippen LogP contribution in [0.4, 0.5) is 0 Å². The van der Waals surface area contributed by atoms with Crippen molar-refractivity contribution in [1.29, 1.82) is 0 Å². The summed E-state index contributed by atoms with van der Waals surface area (Å²) < 4.78 is 0. The fourth-order valence-electron chi connectivity index (χ4n) is 4.20. The van der Waals surface area contributed by atoms with Crippen LogP contribution >= 0.6 is 0 Å². The number of Topliss-reactive ketones (excluding diaryl/α,β-unsaturated/α-hetero) is 1. The summed E-state index contributed by atoms with van der Waals surface area (Å²) in [6.07, 6.45) is 7.04. The Morgan fingerprint density at radius 1 is 1.14 bits per heavy atom. The van der Waals surface area contributed by atoms with Crippen molar-refractivity contribution in [1.82, 2.24) is 4.90 Å². The standard InChI is InChI=1S/C19H27NO/c1-15(19(21)17-8-3-2-4-9-17)13-20-12-11-16-7-5-6-10-18(16)14-20/h2-4,8-9,15-16,18H,5-7,10-14H2,1H3. The van der Waals surface area contributed by atoms with E-state index >= 15 is 0 Å². The summed E-state index contributed by atoms with van der Waals surface area (Å²) in [6, 6.07) is 9.74. The predicted molar refractivity (Wildman–Crippen MR) is 86.4 cm³/mol. The Morgan fingerprint density at radius 3 is 2.62 bits per heavy atom. The van der Waals surface area contributed by atoms with Gasteiger partial charge in [-0.3, -0.25) is 4.79 Å². The summed E-state index contributed by atoms with van der Waals surface area (Å²) in [5.74, 6) is 2.26. The molecule has 1 aliphatic carbocycles. The molecule has 0 bridgehead atoms. The Morgan fingerprint density at radius 2 is 1.86 bits per heavy atom. The molecule has 3 unspecified atom stereocenters. The molecule has 1 aromatic carbocycles. The lowest BCUT2D eigenvalue weighted by Crippen LogP contribution is -2.44. The van der Waals surface area contributed by atoms with Gasteiger partial charge < -0.3 is 4.90 Å². The molecule has 0 aromatic heterocycles. The summed E-state index contributed by atoms with van der Waals surface area (Å²) in [7, 11) is 0. The van der Waals surface area contributed by atoms with Gasteiger partial charge in [-0.05, 0) is 31.2 Å². The number of nitrogens with zero attached hydrogens (tertiary/aromatic N) is 1. The molecule has 2 heteroatoms. The molecule has 1 saturated heterocycles. The molecule has 1 saturated carbocycles. The van der Waals surface area contributed by atoms with Crippen LogP contribution in [0.2, 0.25) is 0 Å². The van der Waals surface area contributed by atoms with Crippen LogP contribution in [0.25, 0.3) is 0 Å². The molecule has 0 N–H and O–H groups in total. The molecule has 1 aromatic rings. The highest BCUT2D eigenvalue weighted by Crippen LogP contribution is 2.36. The van der Waals surface area contributed by atoms with Gasteiger partial charge in [0, 0.05) is 24.6 Å². The predicted octanol–water partition coefficient (Wildman–Crippen LogP) is 4.02. The summed E-state index contributed by atoms with van der Waals surface area (Å²) in [6.45, 7) is 5.42. The lowest BCUT2D eigenvalue weighted by atomic mass is 9.75. The van der Waals surface area contributed by atoms with Gasteiger partial charge in [-0.15, -0.1) is 0 Å². The van der Waals surface area contributed by atoms with Crippen molar-refractivity contribution in [3.05, 3.63) is 35.9 Å². The molecular formula is C19H27NO. The molecule has 2 nitrogen and oxygen atoms in total. The van der Waals surface area contributed by atoms with Crippen LogP contribution in [0.5, 0.6) is 0 Å². The van der Waals surface area contributed by atoms with Crippen molar-refractivity contribution in [3.63, 3.8) is 0 Å². The molecule has 0 amide bonds. The zero-order valence-corrected chi connectivity index (χ0v) is 13.1. The van der Waals surface area contributed by atoms with Crippen molar-refractivity contribution < 1.29 is 4.79 Å². The Kier molecular flexibility index (Phi) is 4.74. The Balaban J connectivity index is 1.55. The smallest absolute Gasteiger partial charge is 0.166 e. The molecule has 1 heterocycles. The highest BCUT2D eigenvalue weighted by Gasteiger charge is 2.32. The van der Waals surface area contributed by atoms with Crippen molar-refractivity contribution in [3.8, 4) is 0 Å². The number of hydrogen-bond donors (Lipinski definition) is 0. The third kappa shape index (κ3) is 3.55. The third-order valence-electron chi connectivity index (χ3n) is 5.41. The number of benzene rings is 1. The molecular weight excluding hydrogens is 258 g/mol. The largest absolute Gasteiger partial charge is 0.302 e. The van der Waals surface area contributed by atoms with E-state index in [9.17, 15) is 4.79 Å². The lowest BCUT2D eigenvalue weighted by Gasteiger charge is -2.42. The van der Waals surface area contributed by atoms with Crippen LogP contribution in [-0.2, 0) is 0 Å². The number of ketones is 1. The van der Waals surface area contributed by atoms with Crippen LogP contribution in [0.15, 0.2) is 30.3 Å². The maximum Gasteiger partial charge on any atom is 0.166 e. The molecule has 114 valence electrons. The number of likely N-dealkylation sites (tertiary alicyclic amines) is 1. The highest BCUT2D eigenvalue weighted by molar-refractivity contribution is 5.97. The van der Waals surface area contributed by atoms with Crippen molar-refractivity contribution in [2.75, 3.05) is 19.6 Å². The van der Waals surface area contributed by atoms with Gasteiger partial charge in [-0.25, -0.2) is 0 Å². The SMILES string of the molecule is CC(CN1CCC2CCCCC2C1)C(=O)c1ccccc1. The second-order valence-corrected chi connectivity index (χ2v) is 6.98. The van der Waals surface area contributed by atoms with Gasteiger partial charge in [0.05, 0.1) is 0 Å². The molecule has 3 rings (SSSR count). The minimum absolute atomic E-state index is 0.104. The lowest BCUT2D eigenvalue weighted by molar-refractivity contribution is 0.0683. The van der Waals surface area contributed by atoms with Gasteiger partial charge in [0.1, 0.15) is 0 Å². The van der Waals surface area contributed by atoms with E-state index in [1.54, 1.807) is 0 Å². The summed E-state index contributed by atoms with van der Waals surface area (Å²) in [5, 5.41) is 0. The molecule has 1 aliphatic heterocycles. The van der Waals surface area contributed by atoms with Gasteiger partial charge in [-0.2, -0.15) is 0 Å². The summed E-state index contributed by atoms with van der Waals surface area (Å²) in [4.78, 5) is 15.0. The van der Waals surface area contributed by atoms with E-state index in [0.29, 0.717) is 5.78 Å². The maximum atomic E-state index is 12.5. The first-order valence-corrected chi connectivity index (χ1v) is 8.55. The Bertz CT molecular complexity index is 470. The first kappa shape index (κ1) is 14.8. The highest BCUT2D eigenvalue weighted by atomic mass is 16.1. The molecule has 0 radical (unpaired) electrons. The zero-order valence-electron chi connectivity index (χ0n) is 13.1. The quantitative estimate of drug-likeness (QED) is 0.779. The average Bonchev–Trinajstić information content (AvgIpc) is 2.55. The van der Waals surface area contributed by atoms with Gasteiger partial charge in [0.2, 0.25) is 0 Å². The Hall–Kier alpha value is -1.15. The van der Waals surface area contributed by atoms with Gasteiger partial charge in [0.15, 0.2) is 5.78 Å². The monoisotopic (exact) mass is 285 g/mol. The molecule has 2 aliphatic rings. The maximum absolute atomic E-state index is 12.5. The normalized spacial score (nSPS) is 27.9. The Labute approximate surface area is 128 Å². The topological polar surface area (TPSA) is 20.3 Å². The van der Waals surface area contributed by atoms with E-state index in [4.69, 9.17) is 0 Å². The van der Waals surface area contributed by atoms with Crippen LogP contribution < -0.4 is 0 Å². The van der Waals surface area contributed by atoms with E-state index in [0.717, 1.165) is 23.9 Å². The second kappa shape index (κ2) is 6.74. The van der Waals surface area contributed by atoms with E-state index < -0.39 is 0 Å². The molecule has 0 spiro atoms. The third-order valence-corrected chi connectivity index (χ3v) is 5.41. The number of hydrogen-bond acceptors (Lipinski definition) is 2. The van der Waals surface area contributed by atoms with Crippen LogP contribution in [0.3, 0.4) is 0 Å². The van der Waals surface area contributed by atoms with Gasteiger partial charge in [0.25, 0.3) is 0 Å². The minimum Gasteiger partial charge on any atom is -0.302 e. The molecule has 2 fully saturated rings. The molecule has 3 atom stereocenters.